The van der Waals surface area contributed by atoms with Crippen molar-refractivity contribution in [2.24, 2.45) is 0 Å². The van der Waals surface area contributed by atoms with E-state index in [0.29, 0.717) is 0 Å². The fourth-order valence-corrected chi connectivity index (χ4v) is 3.28. The summed E-state index contributed by atoms with van der Waals surface area (Å²) >= 11 is 2.09. The smallest absolute Gasteiger partial charge is 0.0187 e. The van der Waals surface area contributed by atoms with Crippen LogP contribution in [0.1, 0.15) is 36.8 Å². The fourth-order valence-electron chi connectivity index (χ4n) is 2.05. The van der Waals surface area contributed by atoms with E-state index in [4.69, 9.17) is 0 Å². The van der Waals surface area contributed by atoms with E-state index in [-0.39, 0.29) is 0 Å². The minimum absolute atomic E-state index is 0.819. The maximum Gasteiger partial charge on any atom is 0.0187 e. The van der Waals surface area contributed by atoms with Crippen LogP contribution in [0.3, 0.4) is 0 Å². The van der Waals surface area contributed by atoms with Gasteiger partial charge >= 0.3 is 0 Å². The van der Waals surface area contributed by atoms with Crippen LogP contribution in [0.2, 0.25) is 0 Å². The van der Waals surface area contributed by atoms with Gasteiger partial charge in [0.05, 0.1) is 0 Å². The quantitative estimate of drug-likeness (QED) is 0.686. The van der Waals surface area contributed by atoms with E-state index in [1.165, 1.54) is 24.3 Å². The zero-order chi connectivity index (χ0) is 9.10. The van der Waals surface area contributed by atoms with E-state index in [0.717, 1.165) is 5.92 Å². The minimum Gasteiger partial charge on any atom is -0.157 e. The first-order valence-corrected chi connectivity index (χ1v) is 6.23. The predicted molar refractivity (Wildman–Crippen MR) is 60.3 cm³/mol. The van der Waals surface area contributed by atoms with Gasteiger partial charge in [0.2, 0.25) is 0 Å². The lowest BCUT2D eigenvalue weighted by atomic mass is 9.92. The Morgan fingerprint density at radius 2 is 2.23 bits per heavy atom. The molecular formula is C12H16S. The first kappa shape index (κ1) is 9.14. The van der Waals surface area contributed by atoms with Gasteiger partial charge in [-0.3, -0.25) is 0 Å². The molecule has 0 spiro atoms. The van der Waals surface area contributed by atoms with Crippen LogP contribution in [0.5, 0.6) is 0 Å². The zero-order valence-electron chi connectivity index (χ0n) is 8.12. The van der Waals surface area contributed by atoms with Gasteiger partial charge in [-0.05, 0) is 23.5 Å². The molecule has 2 rings (SSSR count). The normalized spacial score (nSPS) is 21.2. The third-order valence-corrected chi connectivity index (χ3v) is 3.86. The zero-order valence-corrected chi connectivity index (χ0v) is 8.94. The molecule has 0 aromatic heterocycles. The molecule has 1 unspecified atom stereocenters. The molecule has 0 saturated heterocycles. The maximum atomic E-state index is 2.31. The first-order valence-electron chi connectivity index (χ1n) is 5.07. The van der Waals surface area contributed by atoms with E-state index in [1.807, 2.05) is 0 Å². The monoisotopic (exact) mass is 192 g/mol. The highest BCUT2D eigenvalue weighted by molar-refractivity contribution is 7.98. The Bertz CT molecular complexity index is 280. The van der Waals surface area contributed by atoms with Gasteiger partial charge in [-0.2, -0.15) is 11.8 Å². The number of thioether (sulfide) groups is 1. The maximum absolute atomic E-state index is 2.31. The van der Waals surface area contributed by atoms with Crippen LogP contribution in [0.4, 0.5) is 0 Å². The molecule has 13 heavy (non-hydrogen) atoms. The molecule has 0 amide bonds. The van der Waals surface area contributed by atoms with Gasteiger partial charge in [-0.25, -0.2) is 0 Å². The Balaban J connectivity index is 2.26. The predicted octanol–water partition coefficient (Wildman–Crippen LogP) is 3.82. The van der Waals surface area contributed by atoms with E-state index in [2.05, 4.69) is 43.0 Å². The molecule has 0 saturated carbocycles. The van der Waals surface area contributed by atoms with E-state index < -0.39 is 0 Å². The van der Waals surface area contributed by atoms with Gasteiger partial charge in [0.15, 0.2) is 0 Å². The Hall–Kier alpha value is -0.430. The molecule has 0 fully saturated rings. The van der Waals surface area contributed by atoms with Gasteiger partial charge in [-0.15, -0.1) is 0 Å². The molecule has 0 nitrogen and oxygen atoms in total. The van der Waals surface area contributed by atoms with Gasteiger partial charge in [0, 0.05) is 11.5 Å². The van der Waals surface area contributed by atoms with Crippen molar-refractivity contribution in [3.05, 3.63) is 35.4 Å². The third kappa shape index (κ3) is 1.91. The molecule has 0 radical (unpaired) electrons. The Morgan fingerprint density at radius 1 is 1.38 bits per heavy atom. The first-order chi connectivity index (χ1) is 6.42. The number of hydrogen-bond acceptors (Lipinski definition) is 1. The van der Waals surface area contributed by atoms with Crippen LogP contribution in [0.15, 0.2) is 24.3 Å². The molecule has 1 aliphatic rings. The van der Waals surface area contributed by atoms with Crippen molar-refractivity contribution in [3.63, 3.8) is 0 Å². The van der Waals surface area contributed by atoms with Gasteiger partial charge in [0.25, 0.3) is 0 Å². The Morgan fingerprint density at radius 3 is 3.08 bits per heavy atom. The largest absolute Gasteiger partial charge is 0.157 e. The molecule has 1 aromatic rings. The molecule has 1 atom stereocenters. The lowest BCUT2D eigenvalue weighted by Crippen LogP contribution is -2.10. The molecule has 1 heteroatoms. The summed E-state index contributed by atoms with van der Waals surface area (Å²) in [5.74, 6) is 3.36. The topological polar surface area (TPSA) is 0 Å². The van der Waals surface area contributed by atoms with Crippen molar-refractivity contribution >= 4 is 11.8 Å². The fraction of sp³-hybridized carbons (Fsp3) is 0.500. The highest BCUT2D eigenvalue weighted by Crippen LogP contribution is 2.35. The minimum atomic E-state index is 0.819. The number of hydrogen-bond donors (Lipinski definition) is 0. The molecule has 1 aliphatic heterocycles. The summed E-state index contributed by atoms with van der Waals surface area (Å²) in [6.45, 7) is 2.28. The summed E-state index contributed by atoms with van der Waals surface area (Å²) in [5.41, 5.74) is 3.18. The van der Waals surface area contributed by atoms with Gasteiger partial charge in [0.1, 0.15) is 0 Å². The molecule has 0 aliphatic carbocycles. The van der Waals surface area contributed by atoms with Crippen LogP contribution < -0.4 is 0 Å². The summed E-state index contributed by atoms with van der Waals surface area (Å²) < 4.78 is 0. The highest BCUT2D eigenvalue weighted by atomic mass is 32.2. The van der Waals surface area contributed by atoms with Crippen molar-refractivity contribution in [3.8, 4) is 0 Å². The average Bonchev–Trinajstić information content (AvgIpc) is 2.19. The van der Waals surface area contributed by atoms with Crippen LogP contribution in [-0.2, 0) is 5.75 Å². The van der Waals surface area contributed by atoms with E-state index in [9.17, 15) is 0 Å². The van der Waals surface area contributed by atoms with Crippen molar-refractivity contribution < 1.29 is 0 Å². The second kappa shape index (κ2) is 4.19. The molecule has 0 N–H and O–H groups in total. The Labute approximate surface area is 84.7 Å². The standard InChI is InChI=1S/C12H16S/c1-2-5-10-8-13-9-11-6-3-4-7-12(10)11/h3-4,6-7,10H,2,5,8-9H2,1H3. The summed E-state index contributed by atoms with van der Waals surface area (Å²) in [4.78, 5) is 0. The molecule has 1 heterocycles. The SMILES string of the molecule is CCCC1CSCc2ccccc21. The summed E-state index contributed by atoms with van der Waals surface area (Å²) in [5, 5.41) is 0. The van der Waals surface area contributed by atoms with Gasteiger partial charge < -0.3 is 0 Å². The van der Waals surface area contributed by atoms with Crippen molar-refractivity contribution in [2.75, 3.05) is 5.75 Å². The lowest BCUT2D eigenvalue weighted by molar-refractivity contribution is 0.664. The second-order valence-corrected chi connectivity index (χ2v) is 4.73. The van der Waals surface area contributed by atoms with Crippen LogP contribution in [0, 0.1) is 0 Å². The number of fused-ring (bicyclic) bond motifs is 1. The lowest BCUT2D eigenvalue weighted by Gasteiger charge is -2.24. The third-order valence-electron chi connectivity index (χ3n) is 2.71. The molecular weight excluding hydrogens is 176 g/mol. The summed E-state index contributed by atoms with van der Waals surface area (Å²) in [6, 6.07) is 8.94. The number of rotatable bonds is 2. The van der Waals surface area contributed by atoms with E-state index in [1.54, 1.807) is 11.1 Å². The van der Waals surface area contributed by atoms with Crippen LogP contribution in [-0.4, -0.2) is 5.75 Å². The van der Waals surface area contributed by atoms with Crippen LogP contribution >= 0.6 is 11.8 Å². The molecule has 0 bridgehead atoms. The summed E-state index contributed by atoms with van der Waals surface area (Å²) in [7, 11) is 0. The van der Waals surface area contributed by atoms with Crippen molar-refractivity contribution in [2.45, 2.75) is 31.4 Å². The summed E-state index contributed by atoms with van der Waals surface area (Å²) in [6.07, 6.45) is 2.66. The highest BCUT2D eigenvalue weighted by Gasteiger charge is 2.18. The second-order valence-electron chi connectivity index (χ2n) is 3.70. The van der Waals surface area contributed by atoms with Gasteiger partial charge in [-0.1, -0.05) is 37.6 Å². The number of benzene rings is 1. The molecule has 1 aromatic carbocycles. The Kier molecular flexibility index (Phi) is 2.94. The van der Waals surface area contributed by atoms with Crippen molar-refractivity contribution in [1.29, 1.82) is 0 Å². The average molecular weight is 192 g/mol. The van der Waals surface area contributed by atoms with E-state index >= 15 is 0 Å². The molecule has 70 valence electrons. The van der Waals surface area contributed by atoms with Crippen molar-refractivity contribution in [1.82, 2.24) is 0 Å². The van der Waals surface area contributed by atoms with Crippen LogP contribution in [0.25, 0.3) is 0 Å².